The normalized spacial score (nSPS) is 21.1. The van der Waals surface area contributed by atoms with Crippen LogP contribution in [0.1, 0.15) is 18.5 Å². The minimum Gasteiger partial charge on any atom is -0.473 e. The zero-order valence-corrected chi connectivity index (χ0v) is 10.1. The molecule has 0 bridgehead atoms. The largest absolute Gasteiger partial charge is 0.473 e. The van der Waals surface area contributed by atoms with Gasteiger partial charge in [-0.25, -0.2) is 13.8 Å². The van der Waals surface area contributed by atoms with Crippen LogP contribution in [0, 0.1) is 0 Å². The monoisotopic (exact) mass is 262 g/mol. The van der Waals surface area contributed by atoms with E-state index in [9.17, 15) is 8.78 Å². The van der Waals surface area contributed by atoms with E-state index in [0.29, 0.717) is 0 Å². The summed E-state index contributed by atoms with van der Waals surface area (Å²) < 4.78 is 30.6. The SMILES string of the molecule is CN1CCC(Oc2cc(Cl)cc(C(F)F)n2)C1. The number of hydrogen-bond acceptors (Lipinski definition) is 3. The first-order chi connectivity index (χ1) is 8.04. The predicted molar refractivity (Wildman–Crippen MR) is 60.7 cm³/mol. The Kier molecular flexibility index (Phi) is 3.79. The summed E-state index contributed by atoms with van der Waals surface area (Å²) in [6.45, 7) is 1.71. The van der Waals surface area contributed by atoms with Gasteiger partial charge in [0.05, 0.1) is 0 Å². The van der Waals surface area contributed by atoms with Crippen LogP contribution in [0.15, 0.2) is 12.1 Å². The van der Waals surface area contributed by atoms with Crippen LogP contribution < -0.4 is 4.74 Å². The Morgan fingerprint density at radius 3 is 2.88 bits per heavy atom. The first-order valence-corrected chi connectivity index (χ1v) is 5.73. The predicted octanol–water partition coefficient (Wildman–Crippen LogP) is 2.76. The van der Waals surface area contributed by atoms with Crippen LogP contribution in [0.5, 0.6) is 5.88 Å². The first-order valence-electron chi connectivity index (χ1n) is 5.35. The van der Waals surface area contributed by atoms with Gasteiger partial charge in [0.15, 0.2) is 0 Å². The van der Waals surface area contributed by atoms with Gasteiger partial charge in [-0.2, -0.15) is 0 Å². The second-order valence-corrected chi connectivity index (χ2v) is 4.58. The summed E-state index contributed by atoms with van der Waals surface area (Å²) >= 11 is 5.74. The number of likely N-dealkylation sites (N-methyl/N-ethyl adjacent to an activating group) is 1. The Labute approximate surface area is 103 Å². The van der Waals surface area contributed by atoms with E-state index in [4.69, 9.17) is 16.3 Å². The maximum atomic E-state index is 12.5. The molecule has 1 saturated heterocycles. The zero-order valence-electron chi connectivity index (χ0n) is 9.37. The van der Waals surface area contributed by atoms with E-state index in [1.807, 2.05) is 7.05 Å². The molecule has 1 aliphatic heterocycles. The quantitative estimate of drug-likeness (QED) is 0.838. The van der Waals surface area contributed by atoms with E-state index in [1.165, 1.54) is 6.07 Å². The van der Waals surface area contributed by atoms with E-state index in [0.717, 1.165) is 25.6 Å². The zero-order chi connectivity index (χ0) is 12.4. The van der Waals surface area contributed by atoms with Crippen molar-refractivity contribution >= 4 is 11.6 Å². The number of aromatic nitrogens is 1. The molecule has 0 spiro atoms. The summed E-state index contributed by atoms with van der Waals surface area (Å²) in [6, 6.07) is 2.62. The lowest BCUT2D eigenvalue weighted by Gasteiger charge is -2.13. The molecule has 1 aliphatic rings. The Morgan fingerprint density at radius 2 is 2.29 bits per heavy atom. The third kappa shape index (κ3) is 3.26. The molecule has 1 fully saturated rings. The Morgan fingerprint density at radius 1 is 1.53 bits per heavy atom. The molecule has 0 radical (unpaired) electrons. The molecular formula is C11H13ClF2N2O. The van der Waals surface area contributed by atoms with Crippen LogP contribution in [-0.4, -0.2) is 36.1 Å². The lowest BCUT2D eigenvalue weighted by molar-refractivity contribution is 0.142. The third-order valence-corrected chi connectivity index (χ3v) is 2.86. The molecule has 2 heterocycles. The van der Waals surface area contributed by atoms with Gasteiger partial charge >= 0.3 is 0 Å². The van der Waals surface area contributed by atoms with Crippen molar-refractivity contribution in [3.8, 4) is 5.88 Å². The molecule has 17 heavy (non-hydrogen) atoms. The number of hydrogen-bond donors (Lipinski definition) is 0. The fourth-order valence-electron chi connectivity index (χ4n) is 1.83. The molecule has 94 valence electrons. The molecule has 1 unspecified atom stereocenters. The van der Waals surface area contributed by atoms with Gasteiger partial charge < -0.3 is 9.64 Å². The van der Waals surface area contributed by atoms with E-state index >= 15 is 0 Å². The number of pyridine rings is 1. The maximum absolute atomic E-state index is 12.5. The van der Waals surface area contributed by atoms with Crippen molar-refractivity contribution in [3.63, 3.8) is 0 Å². The number of halogens is 3. The molecule has 0 aromatic carbocycles. The van der Waals surface area contributed by atoms with Crippen molar-refractivity contribution in [2.75, 3.05) is 20.1 Å². The molecule has 0 amide bonds. The molecule has 3 nitrogen and oxygen atoms in total. The van der Waals surface area contributed by atoms with Gasteiger partial charge in [0, 0.05) is 24.2 Å². The topological polar surface area (TPSA) is 25.4 Å². The third-order valence-electron chi connectivity index (χ3n) is 2.65. The average molecular weight is 263 g/mol. The van der Waals surface area contributed by atoms with Crippen molar-refractivity contribution in [2.45, 2.75) is 19.0 Å². The Hall–Kier alpha value is -0.940. The number of likely N-dealkylation sites (tertiary alicyclic amines) is 1. The smallest absolute Gasteiger partial charge is 0.280 e. The van der Waals surface area contributed by atoms with E-state index in [1.54, 1.807) is 0 Å². The highest BCUT2D eigenvalue weighted by molar-refractivity contribution is 6.30. The van der Waals surface area contributed by atoms with Crippen molar-refractivity contribution in [1.82, 2.24) is 9.88 Å². The maximum Gasteiger partial charge on any atom is 0.280 e. The summed E-state index contributed by atoms with van der Waals surface area (Å²) in [6.07, 6.45) is -1.77. The summed E-state index contributed by atoms with van der Waals surface area (Å²) in [5.74, 6) is 0.174. The van der Waals surface area contributed by atoms with Crippen LogP contribution in [-0.2, 0) is 0 Å². The highest BCUT2D eigenvalue weighted by Gasteiger charge is 2.22. The van der Waals surface area contributed by atoms with Gasteiger partial charge in [0.2, 0.25) is 5.88 Å². The van der Waals surface area contributed by atoms with Crippen molar-refractivity contribution in [1.29, 1.82) is 0 Å². The van der Waals surface area contributed by atoms with E-state index in [2.05, 4.69) is 9.88 Å². The molecule has 1 atom stereocenters. The van der Waals surface area contributed by atoms with Gasteiger partial charge in [-0.3, -0.25) is 0 Å². The molecule has 2 rings (SSSR count). The second kappa shape index (κ2) is 5.14. The summed E-state index contributed by atoms with van der Waals surface area (Å²) in [4.78, 5) is 5.86. The summed E-state index contributed by atoms with van der Waals surface area (Å²) in [7, 11) is 1.99. The van der Waals surface area contributed by atoms with Gasteiger partial charge in [-0.05, 0) is 19.5 Å². The van der Waals surface area contributed by atoms with Crippen molar-refractivity contribution < 1.29 is 13.5 Å². The lowest BCUT2D eigenvalue weighted by atomic mass is 10.3. The molecule has 1 aromatic heterocycles. The number of alkyl halides is 2. The fourth-order valence-corrected chi connectivity index (χ4v) is 2.03. The van der Waals surface area contributed by atoms with Crippen molar-refractivity contribution in [3.05, 3.63) is 22.8 Å². The fraction of sp³-hybridized carbons (Fsp3) is 0.545. The standard InChI is InChI=1S/C11H13ClF2N2O/c1-16-3-2-8(6-16)17-10-5-7(12)4-9(15-10)11(13)14/h4-5,8,11H,2-3,6H2,1H3. The van der Waals surface area contributed by atoms with Crippen LogP contribution >= 0.6 is 11.6 Å². The molecule has 0 saturated carbocycles. The van der Waals surface area contributed by atoms with Crippen LogP contribution in [0.4, 0.5) is 8.78 Å². The molecule has 1 aromatic rings. The van der Waals surface area contributed by atoms with Crippen LogP contribution in [0.3, 0.4) is 0 Å². The molecule has 0 N–H and O–H groups in total. The molecule has 0 aliphatic carbocycles. The van der Waals surface area contributed by atoms with Crippen molar-refractivity contribution in [2.24, 2.45) is 0 Å². The number of ether oxygens (including phenoxy) is 1. The average Bonchev–Trinajstić information content (AvgIpc) is 2.63. The summed E-state index contributed by atoms with van der Waals surface area (Å²) in [5.41, 5.74) is -0.348. The van der Waals surface area contributed by atoms with E-state index in [-0.39, 0.29) is 22.7 Å². The highest BCUT2D eigenvalue weighted by atomic mass is 35.5. The second-order valence-electron chi connectivity index (χ2n) is 4.14. The Bertz CT molecular complexity index is 403. The van der Waals surface area contributed by atoms with Gasteiger partial charge in [0.25, 0.3) is 6.43 Å². The minimum atomic E-state index is -2.64. The lowest BCUT2D eigenvalue weighted by Crippen LogP contribution is -2.21. The minimum absolute atomic E-state index is 0.00325. The summed E-state index contributed by atoms with van der Waals surface area (Å²) in [5, 5.41) is 0.219. The van der Waals surface area contributed by atoms with Gasteiger partial charge in [-0.1, -0.05) is 11.6 Å². The number of nitrogens with zero attached hydrogens (tertiary/aromatic N) is 2. The highest BCUT2D eigenvalue weighted by Crippen LogP contribution is 2.25. The number of rotatable bonds is 3. The molecular weight excluding hydrogens is 250 g/mol. The van der Waals surface area contributed by atoms with Gasteiger partial charge in [0.1, 0.15) is 11.8 Å². The van der Waals surface area contributed by atoms with Gasteiger partial charge in [-0.15, -0.1) is 0 Å². The molecule has 6 heteroatoms. The van der Waals surface area contributed by atoms with Crippen LogP contribution in [0.25, 0.3) is 0 Å². The van der Waals surface area contributed by atoms with E-state index < -0.39 is 6.43 Å². The first kappa shape index (κ1) is 12.5. The van der Waals surface area contributed by atoms with Crippen LogP contribution in [0.2, 0.25) is 5.02 Å². The Balaban J connectivity index is 2.10.